The third-order valence-corrected chi connectivity index (χ3v) is 4.86. The van der Waals surface area contributed by atoms with Crippen LogP contribution >= 0.6 is 0 Å². The number of fused-ring (bicyclic) bond motifs is 2. The second-order valence-corrected chi connectivity index (χ2v) is 6.44. The average Bonchev–Trinajstić information content (AvgIpc) is 3.02. The van der Waals surface area contributed by atoms with Gasteiger partial charge in [-0.3, -0.25) is 4.98 Å². The fourth-order valence-corrected chi connectivity index (χ4v) is 3.61. The zero-order valence-corrected chi connectivity index (χ0v) is 14.6. The first-order valence-electron chi connectivity index (χ1n) is 9.06. The highest BCUT2D eigenvalue weighted by molar-refractivity contribution is 5.75. The van der Waals surface area contributed by atoms with Gasteiger partial charge in [0, 0.05) is 12.8 Å². The minimum Gasteiger partial charge on any atom is -0.361 e. The van der Waals surface area contributed by atoms with Crippen molar-refractivity contribution in [3.63, 3.8) is 0 Å². The molecule has 0 aliphatic heterocycles. The van der Waals surface area contributed by atoms with E-state index in [1.165, 1.54) is 17.7 Å². The van der Waals surface area contributed by atoms with E-state index in [-0.39, 0.29) is 0 Å². The first kappa shape index (κ1) is 16.2. The van der Waals surface area contributed by atoms with Crippen LogP contribution in [0.3, 0.4) is 0 Å². The lowest BCUT2D eigenvalue weighted by Crippen LogP contribution is -2.27. The molecule has 1 aromatic carbocycles. The number of imidazole rings is 1. The Morgan fingerprint density at radius 1 is 1.24 bits per heavy atom. The van der Waals surface area contributed by atoms with E-state index in [0.29, 0.717) is 25.9 Å². The molecule has 0 spiro atoms. The summed E-state index contributed by atoms with van der Waals surface area (Å²) in [6.45, 7) is 3.96. The Labute approximate surface area is 148 Å². The van der Waals surface area contributed by atoms with E-state index < -0.39 is 0 Å². The van der Waals surface area contributed by atoms with Gasteiger partial charge in [-0.15, -0.1) is 0 Å². The molecular formula is C20H24N4O. The molecule has 1 N–H and O–H groups in total. The molecule has 1 aliphatic rings. The molecule has 2 heterocycles. The summed E-state index contributed by atoms with van der Waals surface area (Å²) in [6.07, 6.45) is 5.34. The average molecular weight is 336 g/mol. The Bertz CT molecular complexity index is 858. The number of hydrogen-bond donors (Lipinski definition) is 1. The number of ether oxygens (including phenoxy) is 1. The molecule has 0 amide bonds. The monoisotopic (exact) mass is 336 g/mol. The number of para-hydroxylation sites is 2. The maximum Gasteiger partial charge on any atom is 0.125 e. The number of aryl methyl sites for hydroxylation is 1. The summed E-state index contributed by atoms with van der Waals surface area (Å²) in [5.41, 5.74) is 4.70. The molecule has 5 nitrogen and oxygen atoms in total. The molecule has 4 rings (SSSR count). The van der Waals surface area contributed by atoms with E-state index in [1.54, 1.807) is 0 Å². The van der Waals surface area contributed by atoms with Crippen LogP contribution in [0.15, 0.2) is 42.6 Å². The number of nitrogens with zero attached hydrogens (tertiary/aromatic N) is 3. The molecule has 0 radical (unpaired) electrons. The van der Waals surface area contributed by atoms with E-state index in [0.717, 1.165) is 29.7 Å². The van der Waals surface area contributed by atoms with Crippen molar-refractivity contribution in [2.24, 2.45) is 0 Å². The van der Waals surface area contributed by atoms with Crippen LogP contribution in [0.1, 0.15) is 42.9 Å². The van der Waals surface area contributed by atoms with Gasteiger partial charge >= 0.3 is 0 Å². The van der Waals surface area contributed by atoms with E-state index in [1.807, 2.05) is 31.3 Å². The summed E-state index contributed by atoms with van der Waals surface area (Å²) < 4.78 is 7.82. The molecule has 0 bridgehead atoms. The third kappa shape index (κ3) is 3.30. The number of aromatic nitrogens is 3. The van der Waals surface area contributed by atoms with Gasteiger partial charge in [0.15, 0.2) is 0 Å². The van der Waals surface area contributed by atoms with Crippen molar-refractivity contribution in [3.05, 3.63) is 59.7 Å². The van der Waals surface area contributed by atoms with Crippen molar-refractivity contribution in [1.29, 1.82) is 0 Å². The summed E-state index contributed by atoms with van der Waals surface area (Å²) in [4.78, 5) is 9.42. The van der Waals surface area contributed by atoms with Crippen LogP contribution < -0.4 is 5.32 Å². The van der Waals surface area contributed by atoms with E-state index in [4.69, 9.17) is 9.72 Å². The molecule has 1 atom stereocenters. The zero-order chi connectivity index (χ0) is 17.1. The normalized spacial score (nSPS) is 16.9. The molecule has 130 valence electrons. The SMILES string of the molecule is CCOCn1c(CN[C@H]2CCCc3cccnc32)nc2ccccc21. The van der Waals surface area contributed by atoms with E-state index in [9.17, 15) is 0 Å². The predicted molar refractivity (Wildman–Crippen MR) is 98.1 cm³/mol. The lowest BCUT2D eigenvalue weighted by Gasteiger charge is -2.25. The van der Waals surface area contributed by atoms with Crippen molar-refractivity contribution in [2.45, 2.75) is 45.5 Å². The Morgan fingerprint density at radius 2 is 2.16 bits per heavy atom. The fraction of sp³-hybridized carbons (Fsp3) is 0.400. The van der Waals surface area contributed by atoms with Crippen LogP contribution in [0.25, 0.3) is 11.0 Å². The molecule has 1 aliphatic carbocycles. The van der Waals surface area contributed by atoms with Crippen LogP contribution in [0.2, 0.25) is 0 Å². The predicted octanol–water partition coefficient (Wildman–Crippen LogP) is 3.59. The maximum atomic E-state index is 5.66. The Kier molecular flexibility index (Phi) is 4.76. The second kappa shape index (κ2) is 7.33. The van der Waals surface area contributed by atoms with Crippen molar-refractivity contribution in [3.8, 4) is 0 Å². The molecular weight excluding hydrogens is 312 g/mol. The van der Waals surface area contributed by atoms with Crippen molar-refractivity contribution in [1.82, 2.24) is 19.9 Å². The molecule has 2 aromatic heterocycles. The second-order valence-electron chi connectivity index (χ2n) is 6.44. The number of benzene rings is 1. The number of nitrogens with one attached hydrogen (secondary N) is 1. The first-order chi connectivity index (χ1) is 12.4. The van der Waals surface area contributed by atoms with Crippen molar-refractivity contribution >= 4 is 11.0 Å². The third-order valence-electron chi connectivity index (χ3n) is 4.86. The van der Waals surface area contributed by atoms with Gasteiger partial charge in [-0.25, -0.2) is 4.98 Å². The Balaban J connectivity index is 1.57. The molecule has 0 unspecified atom stereocenters. The van der Waals surface area contributed by atoms with Gasteiger partial charge in [-0.05, 0) is 49.9 Å². The molecule has 0 saturated carbocycles. The molecule has 3 aromatic rings. The topological polar surface area (TPSA) is 52.0 Å². The smallest absolute Gasteiger partial charge is 0.125 e. The van der Waals surface area contributed by atoms with Crippen LogP contribution in [-0.2, 0) is 24.4 Å². The largest absolute Gasteiger partial charge is 0.361 e. The standard InChI is InChI=1S/C20H24N4O/c1-2-25-14-24-18-11-4-3-9-16(18)23-19(24)13-22-17-10-5-7-15-8-6-12-21-20(15)17/h3-4,6,8-9,11-12,17,22H,2,5,7,10,13-14H2,1H3/t17-/m0/s1. The quantitative estimate of drug-likeness (QED) is 0.747. The summed E-state index contributed by atoms with van der Waals surface area (Å²) in [6, 6.07) is 12.7. The first-order valence-corrected chi connectivity index (χ1v) is 9.06. The van der Waals surface area contributed by atoms with Crippen LogP contribution in [-0.4, -0.2) is 21.1 Å². The summed E-state index contributed by atoms with van der Waals surface area (Å²) >= 11 is 0. The summed E-state index contributed by atoms with van der Waals surface area (Å²) in [7, 11) is 0. The van der Waals surface area contributed by atoms with Crippen molar-refractivity contribution < 1.29 is 4.74 Å². The van der Waals surface area contributed by atoms with Crippen LogP contribution in [0.4, 0.5) is 0 Å². The molecule has 25 heavy (non-hydrogen) atoms. The Hall–Kier alpha value is -2.24. The number of pyridine rings is 1. The summed E-state index contributed by atoms with van der Waals surface area (Å²) in [5.74, 6) is 1.01. The molecule has 0 fully saturated rings. The van der Waals surface area contributed by atoms with E-state index >= 15 is 0 Å². The minimum absolute atomic E-state index is 0.297. The zero-order valence-electron chi connectivity index (χ0n) is 14.6. The number of hydrogen-bond acceptors (Lipinski definition) is 4. The highest BCUT2D eigenvalue weighted by Crippen LogP contribution is 2.28. The number of rotatable bonds is 6. The van der Waals surface area contributed by atoms with Gasteiger partial charge < -0.3 is 14.6 Å². The van der Waals surface area contributed by atoms with Gasteiger partial charge in [0.2, 0.25) is 0 Å². The van der Waals surface area contributed by atoms with Gasteiger partial charge in [0.1, 0.15) is 12.6 Å². The lowest BCUT2D eigenvalue weighted by atomic mass is 9.92. The summed E-state index contributed by atoms with van der Waals surface area (Å²) in [5, 5.41) is 3.67. The molecule has 0 saturated heterocycles. The van der Waals surface area contributed by atoms with Gasteiger partial charge in [0.25, 0.3) is 0 Å². The van der Waals surface area contributed by atoms with Gasteiger partial charge in [-0.1, -0.05) is 18.2 Å². The molecule has 5 heteroatoms. The highest BCUT2D eigenvalue weighted by atomic mass is 16.5. The fourth-order valence-electron chi connectivity index (χ4n) is 3.61. The van der Waals surface area contributed by atoms with E-state index in [2.05, 4.69) is 33.1 Å². The van der Waals surface area contributed by atoms with Crippen molar-refractivity contribution in [2.75, 3.05) is 6.61 Å². The van der Waals surface area contributed by atoms with Crippen LogP contribution in [0.5, 0.6) is 0 Å². The Morgan fingerprint density at radius 3 is 3.08 bits per heavy atom. The highest BCUT2D eigenvalue weighted by Gasteiger charge is 2.21. The lowest BCUT2D eigenvalue weighted by molar-refractivity contribution is 0.0881. The van der Waals surface area contributed by atoms with Gasteiger partial charge in [-0.2, -0.15) is 0 Å². The maximum absolute atomic E-state index is 5.66. The minimum atomic E-state index is 0.297. The van der Waals surface area contributed by atoms with Crippen LogP contribution in [0, 0.1) is 0 Å². The van der Waals surface area contributed by atoms with Gasteiger partial charge in [0.05, 0.1) is 29.3 Å².